The maximum atomic E-state index is 4.39. The minimum atomic E-state index is -1.65. The Labute approximate surface area is 257 Å². The van der Waals surface area contributed by atoms with Gasteiger partial charge in [0.2, 0.25) is 0 Å². The van der Waals surface area contributed by atoms with E-state index in [4.69, 9.17) is 0 Å². The third kappa shape index (κ3) is 11.3. The van der Waals surface area contributed by atoms with Crippen LogP contribution in [0.2, 0.25) is 0 Å². The zero-order chi connectivity index (χ0) is 25.5. The molecule has 35 heavy (non-hydrogen) atoms. The van der Waals surface area contributed by atoms with Gasteiger partial charge in [0.1, 0.15) is 0 Å². The van der Waals surface area contributed by atoms with Crippen molar-refractivity contribution in [2.24, 2.45) is 0 Å². The molecule has 4 aromatic carbocycles. The maximum absolute atomic E-state index is 4.39. The molecule has 0 spiro atoms. The molecule has 0 aromatic heterocycles. The van der Waals surface area contributed by atoms with Crippen molar-refractivity contribution in [2.75, 3.05) is 0 Å². The molecule has 6 heteroatoms. The van der Waals surface area contributed by atoms with Gasteiger partial charge in [-0.3, -0.25) is 6.38 Å². The van der Waals surface area contributed by atoms with Crippen molar-refractivity contribution in [3.8, 4) is 0 Å². The summed E-state index contributed by atoms with van der Waals surface area (Å²) in [5.74, 6) is 0. The normalized spacial score (nSPS) is 10.1. The van der Waals surface area contributed by atoms with Crippen LogP contribution >= 0.6 is 45.1 Å². The summed E-state index contributed by atoms with van der Waals surface area (Å²) in [5.41, 5.74) is 0. The van der Waals surface area contributed by atoms with Gasteiger partial charge in [-0.2, -0.15) is 41.2 Å². The SMILES string of the molecule is [Au].[CH2-]Cl.[CH2-][P+]([CH2-])(c1ccccc1)c1ccccc1.[CH2-][P+]([CH2-])(c1ccccc1)c1ccccc1.[I][Au]. The van der Waals surface area contributed by atoms with E-state index in [0.717, 1.165) is 0 Å². The summed E-state index contributed by atoms with van der Waals surface area (Å²) in [6.45, 7) is 17.2. The third-order valence-corrected chi connectivity index (χ3v) is 10.1. The Bertz CT molecular complexity index is 863. The van der Waals surface area contributed by atoms with Gasteiger partial charge >= 0.3 is 36.3 Å². The summed E-state index contributed by atoms with van der Waals surface area (Å²) < 4.78 is 0. The quantitative estimate of drug-likeness (QED) is 0.0836. The molecule has 0 amide bonds. The first-order valence-electron chi connectivity index (χ1n) is 10.2. The first kappa shape index (κ1) is 35.2. The second-order valence-corrected chi connectivity index (χ2v) is 13.2. The van der Waals surface area contributed by atoms with Crippen LogP contribution < -0.4 is 21.2 Å². The summed E-state index contributed by atoms with van der Waals surface area (Å²) in [7, 11) is -3.29. The van der Waals surface area contributed by atoms with E-state index >= 15 is 0 Å². The van der Waals surface area contributed by atoms with Crippen LogP contribution in [-0.2, 0) is 39.6 Å². The van der Waals surface area contributed by atoms with Gasteiger partial charge in [-0.05, 0) is 48.5 Å². The average Bonchev–Trinajstić information content (AvgIpc) is 2.93. The Balaban J connectivity index is 0.000000565. The van der Waals surface area contributed by atoms with Crippen LogP contribution in [0.25, 0.3) is 0 Å². The van der Waals surface area contributed by atoms with Gasteiger partial charge in [0.05, 0.1) is 0 Å². The molecule has 0 saturated carbocycles. The first-order valence-corrected chi connectivity index (χ1v) is 21.2. The van der Waals surface area contributed by atoms with E-state index in [2.05, 4.69) is 129 Å². The number of benzene rings is 4. The zero-order valence-electron chi connectivity index (χ0n) is 19.3. The van der Waals surface area contributed by atoms with E-state index in [0.29, 0.717) is 0 Å². The van der Waals surface area contributed by atoms with Gasteiger partial charge < -0.3 is 11.6 Å². The molecule has 4 rings (SSSR count). The third-order valence-electron chi connectivity index (χ3n) is 5.00. The van der Waals surface area contributed by atoms with Gasteiger partial charge in [-0.25, -0.2) is 0 Å². The summed E-state index contributed by atoms with van der Waals surface area (Å²) >= 11 is 8.73. The Morgan fingerprint density at radius 3 is 0.714 bits per heavy atom. The fraction of sp³-hybridized carbons (Fsp3) is 0. The van der Waals surface area contributed by atoms with Crippen LogP contribution in [0.5, 0.6) is 0 Å². The molecule has 1 radical (unpaired) electrons. The van der Waals surface area contributed by atoms with Gasteiger partial charge in [0, 0.05) is 43.6 Å². The number of hydrogen-bond donors (Lipinski definition) is 0. The van der Waals surface area contributed by atoms with E-state index in [1.165, 1.54) is 21.2 Å². The molecule has 0 aliphatic rings. The van der Waals surface area contributed by atoms with Crippen molar-refractivity contribution in [3.05, 3.63) is 154 Å². The number of hydrogen-bond acceptors (Lipinski definition) is 0. The van der Waals surface area contributed by atoms with Crippen LogP contribution in [0.3, 0.4) is 0 Å². The zero-order valence-corrected chi connectivity index (χ0v) is 28.4. The van der Waals surface area contributed by atoms with Crippen LogP contribution in [-0.4, -0.2) is 0 Å². The molecule has 4 aromatic rings. The van der Waals surface area contributed by atoms with Crippen molar-refractivity contribution in [1.29, 1.82) is 0 Å². The molecule has 195 valence electrons. The Morgan fingerprint density at radius 1 is 0.429 bits per heavy atom. The molecule has 0 atom stereocenters. The Kier molecular flexibility index (Phi) is 19.5. The molecule has 0 heterocycles. The molecule has 0 N–H and O–H groups in total. The van der Waals surface area contributed by atoms with Crippen molar-refractivity contribution in [3.63, 3.8) is 0 Å². The van der Waals surface area contributed by atoms with Crippen molar-refractivity contribution in [2.45, 2.75) is 0 Å². The fourth-order valence-electron chi connectivity index (χ4n) is 3.15. The van der Waals surface area contributed by atoms with E-state index in [-0.39, 0.29) is 22.4 Å². The molecule has 0 aliphatic carbocycles. The molecule has 0 fully saturated rings. The molecular weight excluding hydrogens is 967 g/mol. The van der Waals surface area contributed by atoms with E-state index < -0.39 is 14.5 Å². The summed E-state index contributed by atoms with van der Waals surface area (Å²) in [5, 5.41) is 4.99. The van der Waals surface area contributed by atoms with Crippen LogP contribution in [0.4, 0.5) is 0 Å². The molecule has 0 saturated heterocycles. The topological polar surface area (TPSA) is 0 Å². The molecule has 0 unspecified atom stereocenters. The molecule has 0 nitrogen and oxygen atoms in total. The first-order chi connectivity index (χ1) is 16.4. The van der Waals surface area contributed by atoms with Crippen molar-refractivity contribution >= 4 is 66.4 Å². The van der Waals surface area contributed by atoms with E-state index in [9.17, 15) is 0 Å². The monoisotopic (exact) mass is 996 g/mol. The Morgan fingerprint density at radius 2 is 0.571 bits per heavy atom. The van der Waals surface area contributed by atoms with E-state index in [1.807, 2.05) is 72.8 Å². The fourth-order valence-corrected chi connectivity index (χ4v) is 6.72. The molecule has 0 bridgehead atoms. The van der Waals surface area contributed by atoms with Crippen molar-refractivity contribution < 1.29 is 39.6 Å². The van der Waals surface area contributed by atoms with Gasteiger partial charge in [0.15, 0.2) is 0 Å². The summed E-state index contributed by atoms with van der Waals surface area (Å²) in [4.78, 5) is 0. The van der Waals surface area contributed by atoms with Gasteiger partial charge in [-0.1, -0.05) is 72.8 Å². The predicted octanol–water partition coefficient (Wildman–Crippen LogP) is 8.37. The standard InChI is InChI=1S/2C14H14P.CH2Cl.2Au.HI/c2*1-15(2,13-9-5-3-6-10-13)14-11-7-4-8-12-14;1-2;;;/h2*3-12H,1-2H2;1H2;;;1H/q3*-1;;+1;/p-1. The predicted molar refractivity (Wildman–Crippen MR) is 165 cm³/mol. The average molecular weight is 997 g/mol. The van der Waals surface area contributed by atoms with Crippen molar-refractivity contribution in [1.82, 2.24) is 0 Å². The molecule has 0 aliphatic heterocycles. The van der Waals surface area contributed by atoms with Crippen LogP contribution in [0.15, 0.2) is 121 Å². The summed E-state index contributed by atoms with van der Waals surface area (Å²) in [6.07, 6.45) is 2.72. The van der Waals surface area contributed by atoms with Gasteiger partial charge in [-0.15, -0.1) is 0 Å². The molecular formula is C29H30Au2ClIP2-3. The number of rotatable bonds is 4. The van der Waals surface area contributed by atoms with Crippen LogP contribution in [0.1, 0.15) is 0 Å². The number of halogens is 2. The van der Waals surface area contributed by atoms with E-state index in [1.54, 1.807) is 0 Å². The second kappa shape index (κ2) is 19.3. The minimum absolute atomic E-state index is 0. The summed E-state index contributed by atoms with van der Waals surface area (Å²) in [6, 6.07) is 41.3. The van der Waals surface area contributed by atoms with Crippen LogP contribution in [0, 0.1) is 33.0 Å². The second-order valence-electron chi connectivity index (χ2n) is 7.28. The van der Waals surface area contributed by atoms with Gasteiger partial charge in [0.25, 0.3) is 0 Å². The Hall–Kier alpha value is 0.241.